The van der Waals surface area contributed by atoms with E-state index in [-0.39, 0.29) is 5.91 Å². The second kappa shape index (κ2) is 7.03. The van der Waals surface area contributed by atoms with Gasteiger partial charge in [0.1, 0.15) is 11.3 Å². The fraction of sp³-hybridized carbons (Fsp3) is 0.619. The third-order valence-electron chi connectivity index (χ3n) is 5.90. The highest BCUT2D eigenvalue weighted by Gasteiger charge is 2.34. The highest BCUT2D eigenvalue weighted by atomic mass is 16.2. The second-order valence-corrected chi connectivity index (χ2v) is 8.33. The van der Waals surface area contributed by atoms with Crippen LogP contribution in [0.25, 0.3) is 5.65 Å². The van der Waals surface area contributed by atoms with Crippen LogP contribution in [0.5, 0.6) is 0 Å². The van der Waals surface area contributed by atoms with E-state index in [4.69, 9.17) is 0 Å². The zero-order valence-corrected chi connectivity index (χ0v) is 16.2. The molecule has 2 aliphatic rings. The Morgan fingerprint density at radius 1 is 1.27 bits per heavy atom. The third-order valence-corrected chi connectivity index (χ3v) is 5.90. The van der Waals surface area contributed by atoms with Crippen LogP contribution in [0, 0.1) is 18.8 Å². The lowest BCUT2D eigenvalue weighted by Gasteiger charge is -2.34. The van der Waals surface area contributed by atoms with E-state index >= 15 is 0 Å². The van der Waals surface area contributed by atoms with Crippen LogP contribution in [0.4, 0.5) is 0 Å². The molecule has 0 N–H and O–H groups in total. The van der Waals surface area contributed by atoms with Gasteiger partial charge in [-0.15, -0.1) is 0 Å². The maximum Gasteiger partial charge on any atom is 0.272 e. The first-order valence-corrected chi connectivity index (χ1v) is 10.0. The smallest absolute Gasteiger partial charge is 0.272 e. The van der Waals surface area contributed by atoms with E-state index in [1.165, 1.54) is 19.4 Å². The molecule has 3 heterocycles. The topological polar surface area (TPSA) is 40.9 Å². The van der Waals surface area contributed by atoms with E-state index in [0.29, 0.717) is 12.0 Å². The van der Waals surface area contributed by atoms with E-state index in [9.17, 15) is 4.79 Å². The van der Waals surface area contributed by atoms with Gasteiger partial charge in [-0.05, 0) is 50.2 Å². The maximum atomic E-state index is 13.4. The predicted octanol–water partition coefficient (Wildman–Crippen LogP) is 3.23. The Balaban J connectivity index is 1.59. The maximum absolute atomic E-state index is 13.4. The van der Waals surface area contributed by atoms with Crippen LogP contribution in [0.2, 0.25) is 0 Å². The van der Waals surface area contributed by atoms with Crippen LogP contribution in [0.3, 0.4) is 0 Å². The molecule has 0 aromatic carbocycles. The summed E-state index contributed by atoms with van der Waals surface area (Å²) in [7, 11) is 0. The molecule has 5 nitrogen and oxygen atoms in total. The summed E-state index contributed by atoms with van der Waals surface area (Å²) in [6.07, 6.45) is 5.76. The first-order valence-electron chi connectivity index (χ1n) is 10.0. The Morgan fingerprint density at radius 3 is 2.81 bits per heavy atom. The lowest BCUT2D eigenvalue weighted by molar-refractivity contribution is 0.0697. The van der Waals surface area contributed by atoms with Gasteiger partial charge in [-0.2, -0.15) is 0 Å². The van der Waals surface area contributed by atoms with Crippen LogP contribution >= 0.6 is 0 Å². The highest BCUT2D eigenvalue weighted by Crippen LogP contribution is 2.32. The molecule has 2 aromatic heterocycles. The molecular weight excluding hydrogens is 324 g/mol. The lowest BCUT2D eigenvalue weighted by Crippen LogP contribution is -2.46. The Bertz CT molecular complexity index is 792. The number of hydrogen-bond acceptors (Lipinski definition) is 3. The molecule has 140 valence electrons. The fourth-order valence-corrected chi connectivity index (χ4v) is 4.26. The average molecular weight is 354 g/mol. The zero-order valence-electron chi connectivity index (χ0n) is 16.2. The van der Waals surface area contributed by atoms with Crippen molar-refractivity contribution in [3.63, 3.8) is 0 Å². The number of hydrogen-bond donors (Lipinski definition) is 0. The van der Waals surface area contributed by atoms with Crippen molar-refractivity contribution in [1.82, 2.24) is 19.2 Å². The lowest BCUT2D eigenvalue weighted by atomic mass is 10.0. The number of aromatic nitrogens is 2. The Kier molecular flexibility index (Phi) is 4.74. The first kappa shape index (κ1) is 17.5. The van der Waals surface area contributed by atoms with Gasteiger partial charge >= 0.3 is 0 Å². The van der Waals surface area contributed by atoms with E-state index in [1.807, 2.05) is 35.7 Å². The monoisotopic (exact) mass is 354 g/mol. The van der Waals surface area contributed by atoms with E-state index < -0.39 is 0 Å². The molecule has 1 aliphatic carbocycles. The van der Waals surface area contributed by atoms with Gasteiger partial charge in [0.15, 0.2) is 0 Å². The van der Waals surface area contributed by atoms with Crippen LogP contribution in [0.1, 0.15) is 49.3 Å². The molecule has 0 bridgehead atoms. The van der Waals surface area contributed by atoms with Crippen molar-refractivity contribution < 1.29 is 4.79 Å². The van der Waals surface area contributed by atoms with Crippen LogP contribution < -0.4 is 0 Å². The summed E-state index contributed by atoms with van der Waals surface area (Å²) in [6.45, 7) is 10.5. The molecule has 0 unspecified atom stereocenters. The summed E-state index contributed by atoms with van der Waals surface area (Å²) in [5.74, 6) is 1.56. The summed E-state index contributed by atoms with van der Waals surface area (Å²) in [6, 6.07) is 6.33. The fourth-order valence-electron chi connectivity index (χ4n) is 4.26. The van der Waals surface area contributed by atoms with Crippen LogP contribution in [0.15, 0.2) is 24.4 Å². The summed E-state index contributed by atoms with van der Waals surface area (Å²) >= 11 is 0. The molecule has 4 rings (SSSR count). The second-order valence-electron chi connectivity index (χ2n) is 8.33. The highest BCUT2D eigenvalue weighted by molar-refractivity contribution is 5.94. The zero-order chi connectivity index (χ0) is 18.3. The van der Waals surface area contributed by atoms with Crippen LogP contribution in [-0.2, 0) is 0 Å². The van der Waals surface area contributed by atoms with Gasteiger partial charge in [-0.25, -0.2) is 4.98 Å². The minimum atomic E-state index is 0.125. The van der Waals surface area contributed by atoms with Crippen molar-refractivity contribution in [2.24, 2.45) is 11.8 Å². The molecule has 0 spiro atoms. The number of aryl methyl sites for hydroxylation is 1. The predicted molar refractivity (Wildman–Crippen MR) is 103 cm³/mol. The Hall–Kier alpha value is -1.88. The quantitative estimate of drug-likeness (QED) is 0.846. The molecule has 2 fully saturated rings. The Labute approximate surface area is 156 Å². The van der Waals surface area contributed by atoms with Crippen molar-refractivity contribution in [2.45, 2.75) is 46.1 Å². The minimum absolute atomic E-state index is 0.125. The number of nitrogens with zero attached hydrogens (tertiary/aromatic N) is 4. The summed E-state index contributed by atoms with van der Waals surface area (Å²) in [5, 5.41) is 0. The van der Waals surface area contributed by atoms with Gasteiger partial charge < -0.3 is 4.90 Å². The first-order chi connectivity index (χ1) is 12.5. The number of carbonyl (C=O) groups is 1. The SMILES string of the molecule is Cc1nc2ccccn2c1C(=O)N1CCCN(CC2CC2)[C@H](C(C)C)C1. The third kappa shape index (κ3) is 3.37. The van der Waals surface area contributed by atoms with Crippen molar-refractivity contribution in [2.75, 3.05) is 26.2 Å². The molecule has 1 atom stereocenters. The Morgan fingerprint density at radius 2 is 2.08 bits per heavy atom. The summed E-state index contributed by atoms with van der Waals surface area (Å²) in [4.78, 5) is 22.7. The van der Waals surface area contributed by atoms with Crippen LogP contribution in [-0.4, -0.2) is 57.3 Å². The minimum Gasteiger partial charge on any atom is -0.336 e. The number of pyridine rings is 1. The number of rotatable bonds is 4. The number of amides is 1. The molecule has 1 saturated carbocycles. The van der Waals surface area contributed by atoms with Crippen molar-refractivity contribution in [3.8, 4) is 0 Å². The average Bonchev–Trinajstić information content (AvgIpc) is 3.39. The van der Waals surface area contributed by atoms with Gasteiger partial charge in [-0.1, -0.05) is 19.9 Å². The molecule has 1 saturated heterocycles. The normalized spacial score (nSPS) is 22.2. The summed E-state index contributed by atoms with van der Waals surface area (Å²) < 4.78 is 1.94. The number of fused-ring (bicyclic) bond motifs is 1. The summed E-state index contributed by atoms with van der Waals surface area (Å²) in [5.41, 5.74) is 2.39. The molecule has 1 amide bonds. The standard InChI is InChI=1S/C21H30N4O/c1-15(2)18-14-24(11-6-10-23(18)13-17-8-9-17)21(26)20-16(3)22-19-7-4-5-12-25(19)20/h4-5,7,12,15,17-18H,6,8-11,13-14H2,1-3H3/t18-/m0/s1. The van der Waals surface area contributed by atoms with Gasteiger partial charge in [-0.3, -0.25) is 14.1 Å². The van der Waals surface area contributed by atoms with E-state index in [2.05, 4.69) is 28.6 Å². The largest absolute Gasteiger partial charge is 0.336 e. The van der Waals surface area contributed by atoms with Gasteiger partial charge in [0, 0.05) is 38.4 Å². The van der Waals surface area contributed by atoms with Gasteiger partial charge in [0.2, 0.25) is 0 Å². The molecule has 0 radical (unpaired) electrons. The van der Waals surface area contributed by atoms with E-state index in [1.54, 1.807) is 0 Å². The molecular formula is C21H30N4O. The number of carbonyl (C=O) groups excluding carboxylic acids is 1. The van der Waals surface area contributed by atoms with Crippen molar-refractivity contribution in [1.29, 1.82) is 0 Å². The van der Waals surface area contributed by atoms with Crippen molar-refractivity contribution >= 4 is 11.6 Å². The van der Waals surface area contributed by atoms with Crippen molar-refractivity contribution in [3.05, 3.63) is 35.8 Å². The number of imidazole rings is 1. The van der Waals surface area contributed by atoms with E-state index in [0.717, 1.165) is 49.0 Å². The van der Waals surface area contributed by atoms with Gasteiger partial charge in [0.25, 0.3) is 5.91 Å². The van der Waals surface area contributed by atoms with Gasteiger partial charge in [0.05, 0.1) is 5.69 Å². The molecule has 2 aromatic rings. The molecule has 26 heavy (non-hydrogen) atoms. The molecule has 1 aliphatic heterocycles. The molecule has 5 heteroatoms.